The number of pyridine rings is 1. The van der Waals surface area contributed by atoms with Crippen molar-refractivity contribution >= 4 is 28.5 Å². The number of alkyl halides is 2. The molecule has 3 aromatic heterocycles. The van der Waals surface area contributed by atoms with E-state index in [1.54, 1.807) is 27.7 Å². The summed E-state index contributed by atoms with van der Waals surface area (Å²) in [6.07, 6.45) is 4.07. The van der Waals surface area contributed by atoms with Gasteiger partial charge in [0.25, 0.3) is 11.5 Å². The molecule has 1 aromatic carbocycles. The van der Waals surface area contributed by atoms with Gasteiger partial charge in [0.2, 0.25) is 5.95 Å². The SMILES string of the molecule is CCn1c(=O)c2cnc(Nc3ccc4c(c3)CNCC4)nc2n1-c1ccnc(N2CC(F)(F)C2)c1. The fraction of sp³-hybridized carbons (Fsp3) is 0.333. The van der Waals surface area contributed by atoms with E-state index in [0.29, 0.717) is 35.0 Å². The van der Waals surface area contributed by atoms with Gasteiger partial charge in [-0.15, -0.1) is 0 Å². The Morgan fingerprint density at radius 2 is 2.00 bits per heavy atom. The number of benzene rings is 1. The van der Waals surface area contributed by atoms with Crippen molar-refractivity contribution in [1.82, 2.24) is 29.6 Å². The summed E-state index contributed by atoms with van der Waals surface area (Å²) in [4.78, 5) is 27.9. The third-order valence-electron chi connectivity index (χ3n) is 6.47. The van der Waals surface area contributed by atoms with Gasteiger partial charge in [0.05, 0.1) is 18.8 Å². The summed E-state index contributed by atoms with van der Waals surface area (Å²) in [5, 5.41) is 7.00. The van der Waals surface area contributed by atoms with E-state index in [1.807, 2.05) is 13.0 Å². The van der Waals surface area contributed by atoms with Crippen LogP contribution in [0.4, 0.5) is 26.2 Å². The van der Waals surface area contributed by atoms with E-state index in [0.717, 1.165) is 25.2 Å². The average molecular weight is 479 g/mol. The number of anilines is 3. The lowest BCUT2D eigenvalue weighted by Gasteiger charge is -2.39. The summed E-state index contributed by atoms with van der Waals surface area (Å²) in [6, 6.07) is 9.62. The Balaban J connectivity index is 1.39. The molecule has 2 aliphatic rings. The third-order valence-corrected chi connectivity index (χ3v) is 6.47. The van der Waals surface area contributed by atoms with Crippen LogP contribution < -0.4 is 21.1 Å². The predicted molar refractivity (Wildman–Crippen MR) is 129 cm³/mol. The lowest BCUT2D eigenvalue weighted by Crippen LogP contribution is -2.56. The summed E-state index contributed by atoms with van der Waals surface area (Å²) in [5.74, 6) is -1.91. The standard InChI is InChI=1S/C24H24F2N8O/c1-2-33-22(35)19-12-29-23(30-17-4-3-15-5-7-27-11-16(15)9-17)31-21(19)34(33)18-6-8-28-20(10-18)32-13-24(25,26)14-32/h3-4,6,8-10,12,27H,2,5,7,11,13-14H2,1H3,(H,29,30,31). The van der Waals surface area contributed by atoms with Gasteiger partial charge in [-0.3, -0.25) is 4.79 Å². The van der Waals surface area contributed by atoms with Crippen molar-refractivity contribution in [3.8, 4) is 5.69 Å². The van der Waals surface area contributed by atoms with Crippen LogP contribution in [0.25, 0.3) is 16.7 Å². The molecular weight excluding hydrogens is 454 g/mol. The Labute approximate surface area is 199 Å². The molecule has 0 amide bonds. The lowest BCUT2D eigenvalue weighted by atomic mass is 10.0. The zero-order valence-electron chi connectivity index (χ0n) is 19.1. The molecule has 0 atom stereocenters. The number of fused-ring (bicyclic) bond motifs is 2. The van der Waals surface area contributed by atoms with Crippen LogP contribution in [0.15, 0.2) is 47.5 Å². The summed E-state index contributed by atoms with van der Waals surface area (Å²) < 4.78 is 30.0. The zero-order chi connectivity index (χ0) is 24.2. The quantitative estimate of drug-likeness (QED) is 0.456. The monoisotopic (exact) mass is 478 g/mol. The van der Waals surface area contributed by atoms with Gasteiger partial charge in [-0.2, -0.15) is 4.98 Å². The first-order chi connectivity index (χ1) is 16.9. The second-order valence-corrected chi connectivity index (χ2v) is 8.88. The normalized spacial score (nSPS) is 16.7. The minimum atomic E-state index is -2.70. The molecule has 0 unspecified atom stereocenters. The van der Waals surface area contributed by atoms with Crippen LogP contribution in [-0.4, -0.2) is 49.9 Å². The highest BCUT2D eigenvalue weighted by Crippen LogP contribution is 2.31. The molecule has 2 N–H and O–H groups in total. The van der Waals surface area contributed by atoms with E-state index < -0.39 is 5.92 Å². The molecule has 6 rings (SSSR count). The minimum Gasteiger partial charge on any atom is -0.344 e. The first-order valence-corrected chi connectivity index (χ1v) is 11.6. The van der Waals surface area contributed by atoms with Gasteiger partial charge in [-0.05, 0) is 49.2 Å². The highest BCUT2D eigenvalue weighted by molar-refractivity contribution is 5.77. The highest BCUT2D eigenvalue weighted by atomic mass is 19.3. The molecule has 0 radical (unpaired) electrons. The Morgan fingerprint density at radius 1 is 1.14 bits per heavy atom. The molecule has 1 fully saturated rings. The van der Waals surface area contributed by atoms with E-state index in [-0.39, 0.29) is 18.6 Å². The first kappa shape index (κ1) is 21.7. The van der Waals surface area contributed by atoms with E-state index in [2.05, 4.69) is 37.7 Å². The average Bonchev–Trinajstić information content (AvgIpc) is 3.13. The molecule has 9 nitrogen and oxygen atoms in total. The Bertz CT molecular complexity index is 1490. The minimum absolute atomic E-state index is 0.220. The Kier molecular flexibility index (Phi) is 5.03. The van der Waals surface area contributed by atoms with Crippen LogP contribution in [0.5, 0.6) is 0 Å². The smallest absolute Gasteiger partial charge is 0.282 e. The fourth-order valence-electron chi connectivity index (χ4n) is 4.71. The second kappa shape index (κ2) is 8.12. The molecule has 35 heavy (non-hydrogen) atoms. The first-order valence-electron chi connectivity index (χ1n) is 11.6. The van der Waals surface area contributed by atoms with Gasteiger partial charge in [0, 0.05) is 37.2 Å². The molecule has 0 saturated carbocycles. The van der Waals surface area contributed by atoms with Crippen molar-refractivity contribution in [1.29, 1.82) is 0 Å². The van der Waals surface area contributed by atoms with Crippen LogP contribution in [0.1, 0.15) is 18.1 Å². The van der Waals surface area contributed by atoms with Crippen molar-refractivity contribution in [3.05, 3.63) is 64.2 Å². The summed E-state index contributed by atoms with van der Waals surface area (Å²) in [7, 11) is 0. The van der Waals surface area contributed by atoms with Gasteiger partial charge in [0.15, 0.2) is 5.65 Å². The van der Waals surface area contributed by atoms with E-state index in [9.17, 15) is 13.6 Å². The number of nitrogens with zero attached hydrogens (tertiary/aromatic N) is 6. The van der Waals surface area contributed by atoms with Crippen molar-refractivity contribution < 1.29 is 8.78 Å². The van der Waals surface area contributed by atoms with Crippen LogP contribution in [-0.2, 0) is 19.5 Å². The second-order valence-electron chi connectivity index (χ2n) is 8.88. The van der Waals surface area contributed by atoms with Crippen LogP contribution in [0.2, 0.25) is 0 Å². The molecular formula is C24H24F2N8O. The number of aromatic nitrogens is 5. The van der Waals surface area contributed by atoms with Gasteiger partial charge in [0.1, 0.15) is 11.2 Å². The Morgan fingerprint density at radius 3 is 2.80 bits per heavy atom. The molecule has 0 spiro atoms. The molecule has 180 valence electrons. The van der Waals surface area contributed by atoms with Crippen molar-refractivity contribution in [2.24, 2.45) is 0 Å². The number of hydrogen-bond acceptors (Lipinski definition) is 7. The number of hydrogen-bond donors (Lipinski definition) is 2. The Hall–Kier alpha value is -3.86. The molecule has 0 aliphatic carbocycles. The van der Waals surface area contributed by atoms with E-state index in [1.165, 1.54) is 22.2 Å². The number of halogens is 2. The predicted octanol–water partition coefficient (Wildman–Crippen LogP) is 2.84. The van der Waals surface area contributed by atoms with E-state index >= 15 is 0 Å². The molecule has 4 aromatic rings. The zero-order valence-corrected chi connectivity index (χ0v) is 19.1. The van der Waals surface area contributed by atoms with E-state index in [4.69, 9.17) is 0 Å². The maximum absolute atomic E-state index is 13.4. The van der Waals surface area contributed by atoms with Crippen LogP contribution >= 0.6 is 0 Å². The summed E-state index contributed by atoms with van der Waals surface area (Å²) in [6.45, 7) is 3.31. The van der Waals surface area contributed by atoms with Crippen LogP contribution in [0.3, 0.4) is 0 Å². The molecule has 2 aliphatic heterocycles. The molecule has 11 heteroatoms. The fourth-order valence-corrected chi connectivity index (χ4v) is 4.71. The topological polar surface area (TPSA) is 92.9 Å². The van der Waals surface area contributed by atoms with Gasteiger partial charge < -0.3 is 15.5 Å². The molecule has 5 heterocycles. The maximum atomic E-state index is 13.4. The van der Waals surface area contributed by atoms with Gasteiger partial charge in [-0.1, -0.05) is 6.07 Å². The third kappa shape index (κ3) is 3.81. The van der Waals surface area contributed by atoms with Crippen molar-refractivity contribution in [3.63, 3.8) is 0 Å². The summed E-state index contributed by atoms with van der Waals surface area (Å²) >= 11 is 0. The molecule has 1 saturated heterocycles. The lowest BCUT2D eigenvalue weighted by molar-refractivity contribution is -0.0267. The maximum Gasteiger partial charge on any atom is 0.282 e. The van der Waals surface area contributed by atoms with Crippen molar-refractivity contribution in [2.45, 2.75) is 32.4 Å². The summed E-state index contributed by atoms with van der Waals surface area (Å²) in [5.41, 5.74) is 4.25. The van der Waals surface area contributed by atoms with Gasteiger partial charge in [-0.25, -0.2) is 28.1 Å². The van der Waals surface area contributed by atoms with Crippen molar-refractivity contribution in [2.75, 3.05) is 29.9 Å². The number of nitrogens with one attached hydrogen (secondary N) is 2. The van der Waals surface area contributed by atoms with Crippen LogP contribution in [0, 0.1) is 0 Å². The number of rotatable bonds is 5. The highest BCUT2D eigenvalue weighted by Gasteiger charge is 2.44. The van der Waals surface area contributed by atoms with Gasteiger partial charge >= 0.3 is 0 Å². The molecule has 0 bridgehead atoms. The largest absolute Gasteiger partial charge is 0.344 e.